The molecule has 1 atom stereocenters. The third kappa shape index (κ3) is 15.2. The number of ether oxygens (including phenoxy) is 3. The third-order valence-electron chi connectivity index (χ3n) is 3.55. The molecule has 0 radical (unpaired) electrons. The van der Waals surface area contributed by atoms with Gasteiger partial charge in [-0.3, -0.25) is 9.59 Å². The number of allylic oxidation sites excluding steroid dienone is 1. The highest BCUT2D eigenvalue weighted by Crippen LogP contribution is 2.38. The topological polar surface area (TPSA) is 85.9 Å². The van der Waals surface area contributed by atoms with Crippen LogP contribution in [0.3, 0.4) is 0 Å². The number of anilines is 1. The summed E-state index contributed by atoms with van der Waals surface area (Å²) >= 11 is 0. The van der Waals surface area contributed by atoms with Crippen LogP contribution in [-0.2, 0) is 19.1 Å². The number of amides is 2. The van der Waals surface area contributed by atoms with Crippen molar-refractivity contribution in [1.82, 2.24) is 5.32 Å². The summed E-state index contributed by atoms with van der Waals surface area (Å²) in [7, 11) is 3.31. The lowest BCUT2D eigenvalue weighted by molar-refractivity contribution is -0.126. The first-order chi connectivity index (χ1) is 15.2. The fourth-order valence-corrected chi connectivity index (χ4v) is 4.37. The highest BCUT2D eigenvalue weighted by Gasteiger charge is 2.18. The SMILES string of the molecule is CC(C)/C=C/CNC(=O)COCCOC(COc1cccc(NC=O)c1)SSC(C)(C)C. The lowest BCUT2D eigenvalue weighted by Gasteiger charge is -2.22. The quantitative estimate of drug-likeness (QED) is 0.117. The molecule has 0 fully saturated rings. The molecule has 180 valence electrons. The van der Waals surface area contributed by atoms with E-state index >= 15 is 0 Å². The monoisotopic (exact) mass is 484 g/mol. The summed E-state index contributed by atoms with van der Waals surface area (Å²) in [5, 5.41) is 5.39. The first-order valence-electron chi connectivity index (χ1n) is 10.6. The summed E-state index contributed by atoms with van der Waals surface area (Å²) in [4.78, 5) is 22.4. The molecule has 0 spiro atoms. The second kappa shape index (κ2) is 16.0. The number of nitrogens with one attached hydrogen (secondary N) is 2. The minimum Gasteiger partial charge on any atom is -0.490 e. The molecule has 1 unspecified atom stereocenters. The maximum absolute atomic E-state index is 11.8. The van der Waals surface area contributed by atoms with Crippen molar-refractivity contribution in [2.75, 3.05) is 38.3 Å². The van der Waals surface area contributed by atoms with Gasteiger partial charge in [0, 0.05) is 23.0 Å². The molecular formula is C23H36N2O5S2. The van der Waals surface area contributed by atoms with Crippen molar-refractivity contribution in [3.63, 3.8) is 0 Å². The Morgan fingerprint density at radius 3 is 2.69 bits per heavy atom. The van der Waals surface area contributed by atoms with E-state index in [0.29, 0.717) is 50.1 Å². The molecule has 0 heterocycles. The van der Waals surface area contributed by atoms with Gasteiger partial charge in [-0.05, 0) is 18.1 Å². The molecule has 9 heteroatoms. The standard InChI is InChI=1S/C23H36N2O5S2/c1-18(2)8-7-11-24-21(27)15-28-12-13-29-22(31-32-23(3,4)5)16-30-20-10-6-9-19(14-20)25-17-26/h6-10,14,17-18,22H,11-13,15-16H2,1-5H3,(H,24,27)(H,25,26)/b8-7+. The van der Waals surface area contributed by atoms with Gasteiger partial charge in [0.1, 0.15) is 24.4 Å². The van der Waals surface area contributed by atoms with Crippen LogP contribution in [0.15, 0.2) is 36.4 Å². The van der Waals surface area contributed by atoms with Gasteiger partial charge in [0.15, 0.2) is 0 Å². The average Bonchev–Trinajstić information content (AvgIpc) is 2.72. The Morgan fingerprint density at radius 1 is 1.22 bits per heavy atom. The van der Waals surface area contributed by atoms with Crippen LogP contribution in [0.1, 0.15) is 34.6 Å². The van der Waals surface area contributed by atoms with E-state index in [0.717, 1.165) is 0 Å². The van der Waals surface area contributed by atoms with Gasteiger partial charge in [-0.15, -0.1) is 0 Å². The molecule has 7 nitrogen and oxygen atoms in total. The van der Waals surface area contributed by atoms with E-state index in [4.69, 9.17) is 14.2 Å². The lowest BCUT2D eigenvalue weighted by atomic mass is 10.2. The predicted molar refractivity (Wildman–Crippen MR) is 134 cm³/mol. The normalized spacial score (nSPS) is 12.7. The highest BCUT2D eigenvalue weighted by atomic mass is 33.1. The fraction of sp³-hybridized carbons (Fsp3) is 0.565. The van der Waals surface area contributed by atoms with Crippen molar-refractivity contribution in [3.8, 4) is 5.75 Å². The summed E-state index contributed by atoms with van der Waals surface area (Å²) in [5.74, 6) is 0.953. The Bertz CT molecular complexity index is 708. The van der Waals surface area contributed by atoms with Crippen LogP contribution in [0.25, 0.3) is 0 Å². The predicted octanol–water partition coefficient (Wildman–Crippen LogP) is 4.50. The Labute approximate surface area is 199 Å². The first kappa shape index (κ1) is 28.4. The maximum Gasteiger partial charge on any atom is 0.246 e. The van der Waals surface area contributed by atoms with Crippen LogP contribution in [-0.4, -0.2) is 55.5 Å². The molecule has 1 aromatic rings. The maximum atomic E-state index is 11.8. The first-order valence-corrected chi connectivity index (χ1v) is 12.8. The van der Waals surface area contributed by atoms with E-state index in [9.17, 15) is 9.59 Å². The van der Waals surface area contributed by atoms with Crippen molar-refractivity contribution in [1.29, 1.82) is 0 Å². The van der Waals surface area contributed by atoms with E-state index < -0.39 is 0 Å². The van der Waals surface area contributed by atoms with Crippen LogP contribution in [0.2, 0.25) is 0 Å². The van der Waals surface area contributed by atoms with Crippen molar-refractivity contribution in [3.05, 3.63) is 36.4 Å². The molecule has 0 aromatic heterocycles. The average molecular weight is 485 g/mol. The smallest absolute Gasteiger partial charge is 0.246 e. The number of hydrogen-bond acceptors (Lipinski definition) is 7. The van der Waals surface area contributed by atoms with Gasteiger partial charge >= 0.3 is 0 Å². The van der Waals surface area contributed by atoms with Gasteiger partial charge < -0.3 is 24.8 Å². The second-order valence-corrected chi connectivity index (χ2v) is 11.4. The van der Waals surface area contributed by atoms with Crippen molar-refractivity contribution in [2.24, 2.45) is 5.92 Å². The van der Waals surface area contributed by atoms with Crippen LogP contribution in [0.5, 0.6) is 5.75 Å². The van der Waals surface area contributed by atoms with Crippen LogP contribution < -0.4 is 15.4 Å². The zero-order valence-corrected chi connectivity index (χ0v) is 21.2. The summed E-state index contributed by atoms with van der Waals surface area (Å²) < 4.78 is 17.3. The molecule has 2 N–H and O–H groups in total. The van der Waals surface area contributed by atoms with Gasteiger partial charge in [-0.1, -0.05) is 74.4 Å². The summed E-state index contributed by atoms with van der Waals surface area (Å²) in [6.45, 7) is 12.1. The number of carbonyl (C=O) groups excluding carboxylic acids is 2. The Kier molecular flexibility index (Phi) is 14.2. The van der Waals surface area contributed by atoms with Gasteiger partial charge in [0.05, 0.1) is 13.2 Å². The second-order valence-electron chi connectivity index (χ2n) is 8.22. The Hall–Kier alpha value is -1.68. The molecule has 0 aliphatic heterocycles. The molecule has 1 rings (SSSR count). The van der Waals surface area contributed by atoms with E-state index in [1.807, 2.05) is 24.3 Å². The number of carbonyl (C=O) groups is 2. The van der Waals surface area contributed by atoms with Gasteiger partial charge in [0.25, 0.3) is 0 Å². The van der Waals surface area contributed by atoms with Crippen molar-refractivity contribution in [2.45, 2.75) is 44.8 Å². The lowest BCUT2D eigenvalue weighted by Crippen LogP contribution is -2.28. The number of benzene rings is 1. The van der Waals surface area contributed by atoms with E-state index in [1.165, 1.54) is 0 Å². The molecular weight excluding hydrogens is 448 g/mol. The molecule has 0 aliphatic carbocycles. The summed E-state index contributed by atoms with van der Waals surface area (Å²) in [6, 6.07) is 7.18. The van der Waals surface area contributed by atoms with E-state index in [-0.39, 0.29) is 22.7 Å². The fourth-order valence-electron chi connectivity index (χ4n) is 2.18. The molecule has 1 aromatic carbocycles. The molecule has 0 bridgehead atoms. The zero-order valence-electron chi connectivity index (χ0n) is 19.6. The molecule has 0 saturated heterocycles. The van der Waals surface area contributed by atoms with Crippen molar-refractivity contribution < 1.29 is 23.8 Å². The van der Waals surface area contributed by atoms with Gasteiger partial charge in [-0.2, -0.15) is 0 Å². The number of rotatable bonds is 16. The summed E-state index contributed by atoms with van der Waals surface area (Å²) in [6.07, 6.45) is 4.61. The van der Waals surface area contributed by atoms with E-state index in [1.54, 1.807) is 33.7 Å². The molecule has 32 heavy (non-hydrogen) atoms. The number of hydrogen-bond donors (Lipinski definition) is 2. The van der Waals surface area contributed by atoms with Gasteiger partial charge in [-0.25, -0.2) is 0 Å². The van der Waals surface area contributed by atoms with Crippen LogP contribution >= 0.6 is 21.6 Å². The summed E-state index contributed by atoms with van der Waals surface area (Å²) in [5.41, 5.74) is 0.443. The Morgan fingerprint density at radius 2 is 2.00 bits per heavy atom. The van der Waals surface area contributed by atoms with Crippen molar-refractivity contribution >= 4 is 39.6 Å². The zero-order chi connectivity index (χ0) is 23.8. The van der Waals surface area contributed by atoms with Crippen LogP contribution in [0, 0.1) is 5.92 Å². The largest absolute Gasteiger partial charge is 0.490 e. The molecule has 2 amide bonds. The minimum atomic E-state index is -0.222. The molecule has 0 saturated carbocycles. The minimum absolute atomic E-state index is 0.000450. The third-order valence-corrected chi connectivity index (χ3v) is 7.07. The molecule has 0 aliphatic rings. The van der Waals surface area contributed by atoms with E-state index in [2.05, 4.69) is 45.3 Å². The van der Waals surface area contributed by atoms with Gasteiger partial charge in [0.2, 0.25) is 12.3 Å². The highest BCUT2D eigenvalue weighted by molar-refractivity contribution is 8.77. The Balaban J connectivity index is 2.39. The van der Waals surface area contributed by atoms with Crippen LogP contribution in [0.4, 0.5) is 5.69 Å².